The number of hydrogen-bond acceptors (Lipinski definition) is 4. The third-order valence-electron chi connectivity index (χ3n) is 4.47. The van der Waals surface area contributed by atoms with Gasteiger partial charge in [-0.2, -0.15) is 0 Å². The summed E-state index contributed by atoms with van der Waals surface area (Å²) in [5, 5.41) is 10.7. The summed E-state index contributed by atoms with van der Waals surface area (Å²) in [4.78, 5) is 12.5. The molecule has 3 aromatic rings. The molecular formula is C19H16F2N4O2. The zero-order chi connectivity index (χ0) is 19.0. The second kappa shape index (κ2) is 6.88. The summed E-state index contributed by atoms with van der Waals surface area (Å²) in [7, 11) is 0. The van der Waals surface area contributed by atoms with Crippen LogP contribution in [0.1, 0.15) is 33.4 Å². The molecule has 2 heterocycles. The van der Waals surface area contributed by atoms with Crippen LogP contribution in [0.15, 0.2) is 42.5 Å². The van der Waals surface area contributed by atoms with E-state index in [2.05, 4.69) is 15.6 Å². The number of amides is 1. The van der Waals surface area contributed by atoms with E-state index in [1.807, 2.05) is 0 Å². The van der Waals surface area contributed by atoms with Crippen molar-refractivity contribution in [1.29, 1.82) is 0 Å². The molecule has 138 valence electrons. The van der Waals surface area contributed by atoms with Crippen LogP contribution in [0, 0.1) is 18.6 Å². The average Bonchev–Trinajstić information content (AvgIpc) is 3.08. The van der Waals surface area contributed by atoms with Crippen LogP contribution in [0.4, 0.5) is 14.5 Å². The van der Waals surface area contributed by atoms with E-state index in [9.17, 15) is 13.6 Å². The second-order valence-corrected chi connectivity index (χ2v) is 6.34. The predicted octanol–water partition coefficient (Wildman–Crippen LogP) is 3.39. The van der Waals surface area contributed by atoms with Crippen molar-refractivity contribution in [3.63, 3.8) is 0 Å². The van der Waals surface area contributed by atoms with Crippen LogP contribution in [-0.2, 0) is 17.9 Å². The Bertz CT molecular complexity index is 1000. The molecule has 1 aliphatic heterocycles. The Balaban J connectivity index is 1.51. The fourth-order valence-electron chi connectivity index (χ4n) is 2.98. The number of nitrogens with zero attached hydrogens (tertiary/aromatic N) is 3. The zero-order valence-electron chi connectivity index (χ0n) is 14.4. The maximum atomic E-state index is 13.4. The Morgan fingerprint density at radius 1 is 1.22 bits per heavy atom. The molecule has 6 nitrogen and oxygen atoms in total. The first-order chi connectivity index (χ1) is 13.0. The Kier molecular flexibility index (Phi) is 4.41. The van der Waals surface area contributed by atoms with Crippen LogP contribution in [0.25, 0.3) is 0 Å². The lowest BCUT2D eigenvalue weighted by molar-refractivity contribution is -0.00174. The van der Waals surface area contributed by atoms with Gasteiger partial charge in [0.15, 0.2) is 5.69 Å². The van der Waals surface area contributed by atoms with E-state index in [0.29, 0.717) is 23.5 Å². The largest absolute Gasteiger partial charge is 0.365 e. The highest BCUT2D eigenvalue weighted by atomic mass is 19.1. The number of anilines is 1. The van der Waals surface area contributed by atoms with Crippen molar-refractivity contribution in [2.45, 2.75) is 26.2 Å². The number of halogens is 2. The molecule has 2 aromatic carbocycles. The topological polar surface area (TPSA) is 69.0 Å². The Morgan fingerprint density at radius 2 is 2.00 bits per heavy atom. The van der Waals surface area contributed by atoms with Crippen molar-refractivity contribution in [2.75, 3.05) is 5.32 Å². The van der Waals surface area contributed by atoms with Gasteiger partial charge in [-0.1, -0.05) is 17.3 Å². The van der Waals surface area contributed by atoms with Crippen LogP contribution in [-0.4, -0.2) is 20.9 Å². The van der Waals surface area contributed by atoms with Gasteiger partial charge in [-0.3, -0.25) is 4.79 Å². The Hall–Kier alpha value is -3.13. The number of hydrogen-bond donors (Lipinski definition) is 1. The second-order valence-electron chi connectivity index (χ2n) is 6.34. The zero-order valence-corrected chi connectivity index (χ0v) is 14.4. The number of rotatable bonds is 3. The molecule has 1 amide bonds. The first-order valence-corrected chi connectivity index (χ1v) is 8.38. The van der Waals surface area contributed by atoms with E-state index in [1.165, 1.54) is 24.3 Å². The molecule has 8 heteroatoms. The minimum atomic E-state index is -0.439. The lowest BCUT2D eigenvalue weighted by atomic mass is 10.1. The normalized spacial score (nSPS) is 16.0. The van der Waals surface area contributed by atoms with Gasteiger partial charge in [0.25, 0.3) is 5.91 Å². The Labute approximate surface area is 153 Å². The van der Waals surface area contributed by atoms with Crippen molar-refractivity contribution in [3.05, 3.63) is 76.6 Å². The third kappa shape index (κ3) is 3.43. The third-order valence-corrected chi connectivity index (χ3v) is 4.47. The standard InChI is InChI=1S/C19H16F2N4O2/c1-11-8-14(6-7-15(11)21)22-19(26)18-16-10-27-17(9-25(16)24-23-18)12-2-4-13(20)5-3-12/h2-8,17H,9-10H2,1H3,(H,22,26)/t17-/m1/s1. The van der Waals surface area contributed by atoms with Crippen LogP contribution in [0.3, 0.4) is 0 Å². The maximum Gasteiger partial charge on any atom is 0.278 e. The number of fused-ring (bicyclic) bond motifs is 1. The average molecular weight is 370 g/mol. The molecule has 0 unspecified atom stereocenters. The number of benzene rings is 2. The molecule has 1 atom stereocenters. The highest BCUT2D eigenvalue weighted by Gasteiger charge is 2.27. The Morgan fingerprint density at radius 3 is 2.74 bits per heavy atom. The summed E-state index contributed by atoms with van der Waals surface area (Å²) in [6, 6.07) is 10.4. The molecule has 0 aliphatic carbocycles. The smallest absolute Gasteiger partial charge is 0.278 e. The van der Waals surface area contributed by atoms with Crippen LogP contribution >= 0.6 is 0 Å². The van der Waals surface area contributed by atoms with Crippen LogP contribution < -0.4 is 5.32 Å². The van der Waals surface area contributed by atoms with Gasteiger partial charge in [0.2, 0.25) is 0 Å². The lowest BCUT2D eigenvalue weighted by Gasteiger charge is -2.24. The van der Waals surface area contributed by atoms with Gasteiger partial charge in [-0.15, -0.1) is 5.10 Å². The van der Waals surface area contributed by atoms with E-state index in [1.54, 1.807) is 29.8 Å². The van der Waals surface area contributed by atoms with Crippen molar-refractivity contribution in [2.24, 2.45) is 0 Å². The van der Waals surface area contributed by atoms with E-state index < -0.39 is 5.91 Å². The lowest BCUT2D eigenvalue weighted by Crippen LogP contribution is -2.24. The molecule has 0 saturated heterocycles. The van der Waals surface area contributed by atoms with Crippen molar-refractivity contribution >= 4 is 11.6 Å². The first-order valence-electron chi connectivity index (χ1n) is 8.38. The van der Waals surface area contributed by atoms with E-state index in [4.69, 9.17) is 4.74 Å². The minimum absolute atomic E-state index is 0.153. The van der Waals surface area contributed by atoms with Gasteiger partial charge in [0.1, 0.15) is 17.7 Å². The first kappa shape index (κ1) is 17.3. The summed E-state index contributed by atoms with van der Waals surface area (Å²) in [5.41, 5.74) is 2.45. The summed E-state index contributed by atoms with van der Waals surface area (Å²) in [5.74, 6) is -1.09. The molecule has 0 radical (unpaired) electrons. The molecule has 0 spiro atoms. The SMILES string of the molecule is Cc1cc(NC(=O)c2nnn3c2CO[C@@H](c2ccc(F)cc2)C3)ccc1F. The number of aromatic nitrogens is 3. The van der Waals surface area contributed by atoms with E-state index >= 15 is 0 Å². The summed E-state index contributed by atoms with van der Waals surface area (Å²) < 4.78 is 33.9. The van der Waals surface area contributed by atoms with E-state index in [0.717, 1.165) is 5.56 Å². The summed E-state index contributed by atoms with van der Waals surface area (Å²) in [6.45, 7) is 2.14. The number of ether oxygens (including phenoxy) is 1. The number of carbonyl (C=O) groups excluding carboxylic acids is 1. The fraction of sp³-hybridized carbons (Fsp3) is 0.211. The van der Waals surface area contributed by atoms with Gasteiger partial charge in [-0.05, 0) is 48.4 Å². The van der Waals surface area contributed by atoms with Crippen molar-refractivity contribution < 1.29 is 18.3 Å². The fourth-order valence-corrected chi connectivity index (χ4v) is 2.98. The quantitative estimate of drug-likeness (QED) is 0.767. The van der Waals surface area contributed by atoms with Gasteiger partial charge >= 0.3 is 0 Å². The van der Waals surface area contributed by atoms with Crippen LogP contribution in [0.5, 0.6) is 0 Å². The monoisotopic (exact) mass is 370 g/mol. The molecular weight excluding hydrogens is 354 g/mol. The van der Waals surface area contributed by atoms with Crippen molar-refractivity contribution in [3.8, 4) is 0 Å². The molecule has 1 N–H and O–H groups in total. The highest BCUT2D eigenvalue weighted by Crippen LogP contribution is 2.27. The number of aryl methyl sites for hydroxylation is 1. The number of nitrogens with one attached hydrogen (secondary N) is 1. The minimum Gasteiger partial charge on any atom is -0.365 e. The molecule has 27 heavy (non-hydrogen) atoms. The van der Waals surface area contributed by atoms with Gasteiger partial charge in [0, 0.05) is 5.69 Å². The maximum absolute atomic E-state index is 13.4. The molecule has 0 bridgehead atoms. The highest BCUT2D eigenvalue weighted by molar-refractivity contribution is 6.03. The van der Waals surface area contributed by atoms with Gasteiger partial charge in [0.05, 0.1) is 18.8 Å². The molecule has 1 aromatic heterocycles. The molecule has 1 aliphatic rings. The van der Waals surface area contributed by atoms with Crippen molar-refractivity contribution in [1.82, 2.24) is 15.0 Å². The molecule has 0 saturated carbocycles. The molecule has 0 fully saturated rings. The van der Waals surface area contributed by atoms with Gasteiger partial charge in [-0.25, -0.2) is 13.5 Å². The molecule has 4 rings (SSSR count). The van der Waals surface area contributed by atoms with Gasteiger partial charge < -0.3 is 10.1 Å². The predicted molar refractivity (Wildman–Crippen MR) is 93.0 cm³/mol. The van der Waals surface area contributed by atoms with Crippen LogP contribution in [0.2, 0.25) is 0 Å². The number of carbonyl (C=O) groups is 1. The van der Waals surface area contributed by atoms with E-state index in [-0.39, 0.29) is 30.0 Å². The summed E-state index contributed by atoms with van der Waals surface area (Å²) >= 11 is 0. The summed E-state index contributed by atoms with van der Waals surface area (Å²) in [6.07, 6.45) is -0.296.